The van der Waals surface area contributed by atoms with Gasteiger partial charge in [0.2, 0.25) is 0 Å². The first kappa shape index (κ1) is 26.7. The van der Waals surface area contributed by atoms with Gasteiger partial charge in [0.1, 0.15) is 6.10 Å². The lowest BCUT2D eigenvalue weighted by atomic mass is 9.43. The van der Waals surface area contributed by atoms with Gasteiger partial charge < -0.3 is 15.2 Å². The zero-order valence-electron chi connectivity index (χ0n) is 24.2. The molecule has 5 aliphatic rings. The second kappa shape index (κ2) is 9.11. The Balaban J connectivity index is 1.35. The number of nitrogens with one attached hydrogen (secondary N) is 1. The van der Waals surface area contributed by atoms with Gasteiger partial charge in [-0.1, -0.05) is 52.7 Å². The van der Waals surface area contributed by atoms with Gasteiger partial charge in [-0.15, -0.1) is 0 Å². The van der Waals surface area contributed by atoms with Crippen LogP contribution in [0.1, 0.15) is 119 Å². The first-order chi connectivity index (χ1) is 16.8. The predicted octanol–water partition coefficient (Wildman–Crippen LogP) is 6.81. The fraction of sp³-hybridized carbons (Fsp3) is 0.906. The van der Waals surface area contributed by atoms with E-state index in [1.807, 2.05) is 11.1 Å². The van der Waals surface area contributed by atoms with E-state index in [4.69, 9.17) is 4.74 Å². The Kier molecular flexibility index (Phi) is 6.76. The summed E-state index contributed by atoms with van der Waals surface area (Å²) in [6, 6.07) is 0.537. The molecule has 0 saturated heterocycles. The standard InChI is InChI=1S/C32H53NO3/c1-20(13-17-33-22-18-23(35)19-22)24-10-15-32(7)26-8-9-27-29(3,4)28(36-21(2)34)12-14-30(27,5)25(26)11-16-31(24,32)6/h20,22-24,27-28,33,35H,8-19H2,1-7H3/t20-,22?,23?,24-,27+,28+,30-,31-,32+/m1/s1. The number of allylic oxidation sites excluding steroid dienone is 2. The summed E-state index contributed by atoms with van der Waals surface area (Å²) in [7, 11) is 0. The third-order valence-corrected chi connectivity index (χ3v) is 12.9. The minimum absolute atomic E-state index is 0.0229. The highest BCUT2D eigenvalue weighted by Gasteiger charge is 2.63. The van der Waals surface area contributed by atoms with E-state index in [0.717, 1.165) is 44.1 Å². The summed E-state index contributed by atoms with van der Waals surface area (Å²) < 4.78 is 5.87. The van der Waals surface area contributed by atoms with Crippen molar-refractivity contribution in [2.75, 3.05) is 6.54 Å². The number of hydrogen-bond acceptors (Lipinski definition) is 4. The average Bonchev–Trinajstić information content (AvgIpc) is 3.06. The molecule has 5 aliphatic carbocycles. The van der Waals surface area contributed by atoms with Crippen LogP contribution in [0.2, 0.25) is 0 Å². The lowest BCUT2D eigenvalue weighted by Crippen LogP contribution is -2.55. The first-order valence-corrected chi connectivity index (χ1v) is 15.1. The van der Waals surface area contributed by atoms with Gasteiger partial charge in [-0.05, 0) is 111 Å². The van der Waals surface area contributed by atoms with Gasteiger partial charge in [-0.25, -0.2) is 0 Å². The Hall–Kier alpha value is -0.870. The molecule has 36 heavy (non-hydrogen) atoms. The smallest absolute Gasteiger partial charge is 0.302 e. The van der Waals surface area contributed by atoms with Crippen molar-refractivity contribution in [3.8, 4) is 0 Å². The lowest BCUT2D eigenvalue weighted by Gasteiger charge is -2.62. The minimum atomic E-state index is -0.125. The zero-order chi connectivity index (χ0) is 26.1. The molecule has 3 fully saturated rings. The molecule has 2 N–H and O–H groups in total. The van der Waals surface area contributed by atoms with Crippen LogP contribution in [0, 0.1) is 39.4 Å². The average molecular weight is 500 g/mol. The molecule has 0 aliphatic heterocycles. The molecule has 0 spiro atoms. The van der Waals surface area contributed by atoms with Crippen molar-refractivity contribution in [3.05, 3.63) is 11.1 Å². The van der Waals surface area contributed by atoms with Crippen molar-refractivity contribution < 1.29 is 14.6 Å². The third kappa shape index (κ3) is 3.94. The summed E-state index contributed by atoms with van der Waals surface area (Å²) in [6.07, 6.45) is 13.0. The molecule has 0 bridgehead atoms. The number of aliphatic hydroxyl groups excluding tert-OH is 1. The highest BCUT2D eigenvalue weighted by Crippen LogP contribution is 2.72. The van der Waals surface area contributed by atoms with Crippen LogP contribution in [0.3, 0.4) is 0 Å². The van der Waals surface area contributed by atoms with Crippen LogP contribution in [0.25, 0.3) is 0 Å². The van der Waals surface area contributed by atoms with E-state index in [1.54, 1.807) is 6.92 Å². The number of carbonyl (C=O) groups excluding carboxylic acids is 1. The molecular formula is C32H53NO3. The Bertz CT molecular complexity index is 903. The third-order valence-electron chi connectivity index (χ3n) is 12.9. The summed E-state index contributed by atoms with van der Waals surface area (Å²) in [6.45, 7) is 17.8. The van der Waals surface area contributed by atoms with E-state index in [2.05, 4.69) is 46.9 Å². The van der Waals surface area contributed by atoms with Crippen LogP contribution >= 0.6 is 0 Å². The molecule has 0 aromatic carbocycles. The van der Waals surface area contributed by atoms with Crippen LogP contribution in [0.4, 0.5) is 0 Å². The topological polar surface area (TPSA) is 58.6 Å². The highest BCUT2D eigenvalue weighted by atomic mass is 16.5. The second-order valence-corrected chi connectivity index (χ2v) is 14.9. The summed E-state index contributed by atoms with van der Waals surface area (Å²) in [5.74, 6) is 2.00. The van der Waals surface area contributed by atoms with Gasteiger partial charge in [-0.2, -0.15) is 0 Å². The lowest BCUT2D eigenvalue weighted by molar-refractivity contribution is -0.167. The van der Waals surface area contributed by atoms with E-state index in [1.165, 1.54) is 44.9 Å². The number of ether oxygens (including phenoxy) is 1. The maximum atomic E-state index is 11.8. The first-order valence-electron chi connectivity index (χ1n) is 15.1. The van der Waals surface area contributed by atoms with Crippen molar-refractivity contribution in [1.29, 1.82) is 0 Å². The highest BCUT2D eigenvalue weighted by molar-refractivity contribution is 5.66. The molecule has 0 radical (unpaired) electrons. The van der Waals surface area contributed by atoms with Gasteiger partial charge in [0.25, 0.3) is 0 Å². The monoisotopic (exact) mass is 499 g/mol. The van der Waals surface area contributed by atoms with Crippen LogP contribution in [-0.2, 0) is 9.53 Å². The molecule has 5 rings (SSSR count). The number of aliphatic hydroxyl groups is 1. The van der Waals surface area contributed by atoms with E-state index >= 15 is 0 Å². The molecule has 7 atom stereocenters. The Morgan fingerprint density at radius 2 is 1.75 bits per heavy atom. The van der Waals surface area contributed by atoms with Crippen molar-refractivity contribution in [3.63, 3.8) is 0 Å². The number of fused-ring (bicyclic) bond motifs is 4. The summed E-state index contributed by atoms with van der Waals surface area (Å²) in [5.41, 5.74) is 4.65. The molecular weight excluding hydrogens is 446 g/mol. The molecule has 0 amide bonds. The van der Waals surface area contributed by atoms with Crippen LogP contribution in [-0.4, -0.2) is 35.9 Å². The van der Waals surface area contributed by atoms with Crippen LogP contribution in [0.15, 0.2) is 11.1 Å². The normalized spacial score (nSPS) is 46.3. The van der Waals surface area contributed by atoms with Crippen molar-refractivity contribution >= 4 is 5.97 Å². The van der Waals surface area contributed by atoms with Crippen LogP contribution in [0.5, 0.6) is 0 Å². The summed E-state index contributed by atoms with van der Waals surface area (Å²) in [5, 5.41) is 13.3. The minimum Gasteiger partial charge on any atom is -0.462 e. The molecule has 4 nitrogen and oxygen atoms in total. The van der Waals surface area contributed by atoms with Gasteiger partial charge in [-0.3, -0.25) is 4.79 Å². The molecule has 3 saturated carbocycles. The molecule has 0 unspecified atom stereocenters. The van der Waals surface area contributed by atoms with Gasteiger partial charge in [0, 0.05) is 18.4 Å². The van der Waals surface area contributed by atoms with Crippen molar-refractivity contribution in [1.82, 2.24) is 5.32 Å². The maximum Gasteiger partial charge on any atom is 0.302 e. The predicted molar refractivity (Wildman–Crippen MR) is 145 cm³/mol. The van der Waals surface area contributed by atoms with E-state index in [0.29, 0.717) is 22.8 Å². The van der Waals surface area contributed by atoms with Crippen LogP contribution < -0.4 is 5.32 Å². The largest absolute Gasteiger partial charge is 0.462 e. The Labute approximate surface area is 220 Å². The summed E-state index contributed by atoms with van der Waals surface area (Å²) in [4.78, 5) is 11.8. The fourth-order valence-electron chi connectivity index (χ4n) is 10.5. The Morgan fingerprint density at radius 1 is 1.03 bits per heavy atom. The zero-order valence-corrected chi connectivity index (χ0v) is 24.2. The molecule has 204 valence electrons. The maximum absolute atomic E-state index is 11.8. The van der Waals surface area contributed by atoms with E-state index < -0.39 is 0 Å². The summed E-state index contributed by atoms with van der Waals surface area (Å²) >= 11 is 0. The molecule has 0 aromatic rings. The quantitative estimate of drug-likeness (QED) is 0.311. The number of rotatable bonds is 6. The van der Waals surface area contributed by atoms with Crippen molar-refractivity contribution in [2.45, 2.75) is 137 Å². The Morgan fingerprint density at radius 3 is 2.42 bits per heavy atom. The van der Waals surface area contributed by atoms with Gasteiger partial charge in [0.15, 0.2) is 0 Å². The molecule has 0 heterocycles. The number of hydrogen-bond donors (Lipinski definition) is 2. The second-order valence-electron chi connectivity index (χ2n) is 14.9. The SMILES string of the molecule is CC(=O)O[C@H]1CC[C@]2(C)C3=C(CC[C@H]2C1(C)C)[C@]1(C)CC[C@H]([C@H](C)CCNC2CC(O)C2)[C@@]1(C)CC3. The van der Waals surface area contributed by atoms with Crippen molar-refractivity contribution in [2.24, 2.45) is 39.4 Å². The molecule has 4 heteroatoms. The number of carbonyl (C=O) groups is 1. The van der Waals surface area contributed by atoms with Gasteiger partial charge >= 0.3 is 5.97 Å². The van der Waals surface area contributed by atoms with E-state index in [-0.39, 0.29) is 29.0 Å². The van der Waals surface area contributed by atoms with Gasteiger partial charge in [0.05, 0.1) is 6.10 Å². The fourth-order valence-corrected chi connectivity index (χ4v) is 10.5. The molecule has 0 aromatic heterocycles. The van der Waals surface area contributed by atoms with E-state index in [9.17, 15) is 9.90 Å². The number of esters is 1.